The second kappa shape index (κ2) is 7.59. The summed E-state index contributed by atoms with van der Waals surface area (Å²) in [6.45, 7) is 1.97. The number of ether oxygens (including phenoxy) is 1. The lowest BCUT2D eigenvalue weighted by atomic mass is 10.1. The van der Waals surface area contributed by atoms with Gasteiger partial charge in [-0.2, -0.15) is 0 Å². The molecule has 6 heteroatoms. The summed E-state index contributed by atoms with van der Waals surface area (Å²) in [5.41, 5.74) is 5.86. The lowest BCUT2D eigenvalue weighted by Gasteiger charge is -2.11. The van der Waals surface area contributed by atoms with Crippen molar-refractivity contribution in [1.29, 1.82) is 0 Å². The third-order valence-electron chi connectivity index (χ3n) is 2.77. The molecule has 1 amide bonds. The fraction of sp³-hybridized carbons (Fsp3) is 0.429. The van der Waals surface area contributed by atoms with Crippen molar-refractivity contribution in [2.75, 3.05) is 12.4 Å². The molecule has 110 valence electrons. The minimum atomic E-state index is -0.616. The normalized spacial score (nSPS) is 11.8. The topological polar surface area (TPSA) is 81.4 Å². The van der Waals surface area contributed by atoms with Crippen LogP contribution in [-0.4, -0.2) is 25.0 Å². The second-order valence-electron chi connectivity index (χ2n) is 4.49. The van der Waals surface area contributed by atoms with Gasteiger partial charge < -0.3 is 15.8 Å². The fourth-order valence-electron chi connectivity index (χ4n) is 1.78. The van der Waals surface area contributed by atoms with Gasteiger partial charge in [0.25, 0.3) is 0 Å². The summed E-state index contributed by atoms with van der Waals surface area (Å²) >= 11 is 0. The average Bonchev–Trinajstić information content (AvgIpc) is 2.40. The predicted molar refractivity (Wildman–Crippen MR) is 73.9 cm³/mol. The van der Waals surface area contributed by atoms with E-state index in [0.29, 0.717) is 0 Å². The van der Waals surface area contributed by atoms with Crippen LogP contribution in [0.5, 0.6) is 0 Å². The van der Waals surface area contributed by atoms with Crippen molar-refractivity contribution in [2.45, 2.75) is 32.2 Å². The van der Waals surface area contributed by atoms with Gasteiger partial charge in [0, 0.05) is 12.5 Å². The van der Waals surface area contributed by atoms with Crippen molar-refractivity contribution in [1.82, 2.24) is 0 Å². The minimum absolute atomic E-state index is 0.0541. The number of methoxy groups -OCH3 is 1. The van der Waals surface area contributed by atoms with Gasteiger partial charge in [0.1, 0.15) is 5.82 Å². The molecule has 3 N–H and O–H groups in total. The summed E-state index contributed by atoms with van der Waals surface area (Å²) in [4.78, 5) is 23.1. The molecule has 0 aliphatic rings. The highest BCUT2D eigenvalue weighted by atomic mass is 19.1. The van der Waals surface area contributed by atoms with Gasteiger partial charge in [-0.05, 0) is 24.6 Å². The van der Waals surface area contributed by atoms with Crippen molar-refractivity contribution in [3.63, 3.8) is 0 Å². The van der Waals surface area contributed by atoms with Crippen LogP contribution < -0.4 is 11.1 Å². The van der Waals surface area contributed by atoms with Gasteiger partial charge in [0.15, 0.2) is 0 Å². The molecule has 1 unspecified atom stereocenters. The third-order valence-corrected chi connectivity index (χ3v) is 2.77. The first-order chi connectivity index (χ1) is 9.47. The quantitative estimate of drug-likeness (QED) is 0.783. The van der Waals surface area contributed by atoms with E-state index in [1.165, 1.54) is 19.2 Å². The van der Waals surface area contributed by atoms with Crippen molar-refractivity contribution in [2.24, 2.45) is 5.73 Å². The first-order valence-electron chi connectivity index (χ1n) is 6.41. The summed E-state index contributed by atoms with van der Waals surface area (Å²) < 4.78 is 18.1. The van der Waals surface area contributed by atoms with Crippen molar-refractivity contribution < 1.29 is 18.7 Å². The maximum absolute atomic E-state index is 13.6. The molecule has 1 aromatic rings. The summed E-state index contributed by atoms with van der Waals surface area (Å²) in [7, 11) is 1.23. The highest BCUT2D eigenvalue weighted by Crippen LogP contribution is 2.17. The molecule has 0 fully saturated rings. The molecule has 0 saturated heterocycles. The monoisotopic (exact) mass is 282 g/mol. The number of carbonyl (C=O) groups excluding carboxylic acids is 2. The lowest BCUT2D eigenvalue weighted by Crippen LogP contribution is -2.27. The molecule has 1 aromatic carbocycles. The first kappa shape index (κ1) is 16.1. The van der Waals surface area contributed by atoms with Crippen molar-refractivity contribution >= 4 is 17.6 Å². The van der Waals surface area contributed by atoms with E-state index in [4.69, 9.17) is 5.73 Å². The third kappa shape index (κ3) is 4.62. The Morgan fingerprint density at radius 2 is 2.15 bits per heavy atom. The van der Waals surface area contributed by atoms with Gasteiger partial charge in [0.2, 0.25) is 5.91 Å². The molecule has 0 saturated carbocycles. The molecule has 0 aliphatic heterocycles. The van der Waals surface area contributed by atoms with Gasteiger partial charge in [-0.15, -0.1) is 0 Å². The zero-order valence-corrected chi connectivity index (χ0v) is 11.6. The first-order valence-corrected chi connectivity index (χ1v) is 6.41. The van der Waals surface area contributed by atoms with E-state index in [0.717, 1.165) is 18.9 Å². The summed E-state index contributed by atoms with van der Waals surface area (Å²) in [5, 5.41) is 2.42. The number of benzene rings is 1. The van der Waals surface area contributed by atoms with Crippen LogP contribution in [0.25, 0.3) is 0 Å². The average molecular weight is 282 g/mol. The van der Waals surface area contributed by atoms with Crippen LogP contribution >= 0.6 is 0 Å². The zero-order chi connectivity index (χ0) is 15.1. The SMILES string of the molecule is CCCC(N)CC(=O)Nc1cc(C(=O)OC)ccc1F. The van der Waals surface area contributed by atoms with Crippen LogP contribution in [0.2, 0.25) is 0 Å². The number of rotatable bonds is 6. The number of nitrogens with one attached hydrogen (secondary N) is 1. The van der Waals surface area contributed by atoms with Crippen LogP contribution in [0, 0.1) is 5.82 Å². The van der Waals surface area contributed by atoms with Crippen molar-refractivity contribution in [3.05, 3.63) is 29.6 Å². The lowest BCUT2D eigenvalue weighted by molar-refractivity contribution is -0.116. The molecule has 1 atom stereocenters. The van der Waals surface area contributed by atoms with Crippen LogP contribution in [0.15, 0.2) is 18.2 Å². The highest BCUT2D eigenvalue weighted by molar-refractivity contribution is 5.94. The smallest absolute Gasteiger partial charge is 0.337 e. The summed E-state index contributed by atoms with van der Waals surface area (Å²) in [6.07, 6.45) is 1.70. The molecule has 0 bridgehead atoms. The number of hydrogen-bond acceptors (Lipinski definition) is 4. The number of anilines is 1. The van der Waals surface area contributed by atoms with Gasteiger partial charge in [0.05, 0.1) is 18.4 Å². The number of esters is 1. The molecular formula is C14H19FN2O3. The van der Waals surface area contributed by atoms with Crippen LogP contribution in [0.4, 0.5) is 10.1 Å². The summed E-state index contributed by atoms with van der Waals surface area (Å²) in [5.74, 6) is -1.59. The van der Waals surface area contributed by atoms with Gasteiger partial charge in [-0.1, -0.05) is 13.3 Å². The Bertz CT molecular complexity index is 491. The number of nitrogens with two attached hydrogens (primary N) is 1. The Hall–Kier alpha value is -1.95. The van der Waals surface area contributed by atoms with Crippen LogP contribution in [-0.2, 0) is 9.53 Å². The summed E-state index contributed by atoms with van der Waals surface area (Å²) in [6, 6.07) is 3.38. The van der Waals surface area contributed by atoms with Crippen molar-refractivity contribution in [3.8, 4) is 0 Å². The Morgan fingerprint density at radius 1 is 1.45 bits per heavy atom. The molecule has 1 rings (SSSR count). The second-order valence-corrected chi connectivity index (χ2v) is 4.49. The largest absolute Gasteiger partial charge is 0.465 e. The van der Waals surface area contributed by atoms with E-state index in [-0.39, 0.29) is 29.6 Å². The van der Waals surface area contributed by atoms with E-state index < -0.39 is 11.8 Å². The molecule has 0 radical (unpaired) electrons. The predicted octanol–water partition coefficient (Wildman–Crippen LogP) is 2.07. The number of amides is 1. The molecule has 20 heavy (non-hydrogen) atoms. The van der Waals surface area contributed by atoms with E-state index >= 15 is 0 Å². The number of halogens is 1. The van der Waals surface area contributed by atoms with Crippen LogP contribution in [0.1, 0.15) is 36.5 Å². The fourth-order valence-corrected chi connectivity index (χ4v) is 1.78. The van der Waals surface area contributed by atoms with E-state index in [9.17, 15) is 14.0 Å². The van der Waals surface area contributed by atoms with E-state index in [1.54, 1.807) is 0 Å². The Morgan fingerprint density at radius 3 is 2.75 bits per heavy atom. The highest BCUT2D eigenvalue weighted by Gasteiger charge is 2.14. The Balaban J connectivity index is 2.76. The molecule has 0 heterocycles. The Labute approximate surface area is 117 Å². The number of carbonyl (C=O) groups is 2. The van der Waals surface area contributed by atoms with Gasteiger partial charge in [-0.25, -0.2) is 9.18 Å². The number of hydrogen-bond donors (Lipinski definition) is 2. The molecule has 0 aliphatic carbocycles. The minimum Gasteiger partial charge on any atom is -0.465 e. The zero-order valence-electron chi connectivity index (χ0n) is 11.6. The molecule has 5 nitrogen and oxygen atoms in total. The molecular weight excluding hydrogens is 263 g/mol. The standard InChI is InChI=1S/C14H19FN2O3/c1-3-4-10(16)8-13(18)17-12-7-9(14(19)20-2)5-6-11(12)15/h5-7,10H,3-4,8,16H2,1-2H3,(H,17,18). The van der Waals surface area contributed by atoms with E-state index in [2.05, 4.69) is 10.1 Å². The van der Waals surface area contributed by atoms with Gasteiger partial charge in [-0.3, -0.25) is 4.79 Å². The maximum atomic E-state index is 13.6. The molecule has 0 spiro atoms. The van der Waals surface area contributed by atoms with E-state index in [1.807, 2.05) is 6.92 Å². The maximum Gasteiger partial charge on any atom is 0.337 e. The van der Waals surface area contributed by atoms with Gasteiger partial charge >= 0.3 is 5.97 Å². The Kier molecular flexibility index (Phi) is 6.11. The molecule has 0 aromatic heterocycles. The van der Waals surface area contributed by atoms with Crippen LogP contribution in [0.3, 0.4) is 0 Å².